The fourth-order valence-corrected chi connectivity index (χ4v) is 3.24. The fourth-order valence-electron chi connectivity index (χ4n) is 2.76. The van der Waals surface area contributed by atoms with Crippen LogP contribution in [0.15, 0.2) is 51.5 Å². The van der Waals surface area contributed by atoms with E-state index < -0.39 is 11.7 Å². The number of nitrogens with zero attached hydrogens (tertiary/aromatic N) is 3. The molecule has 0 saturated heterocycles. The third-order valence-corrected chi connectivity index (χ3v) is 4.69. The van der Waals surface area contributed by atoms with Crippen LogP contribution in [0, 0.1) is 6.92 Å². The van der Waals surface area contributed by atoms with Gasteiger partial charge >= 0.3 is 6.18 Å². The number of aryl methyl sites for hydroxylation is 1. The molecule has 0 bridgehead atoms. The Labute approximate surface area is 179 Å². The van der Waals surface area contributed by atoms with E-state index in [1.54, 1.807) is 18.0 Å². The second-order valence-corrected chi connectivity index (χ2v) is 7.69. The number of nitrogens with one attached hydrogen (secondary N) is 1. The highest BCUT2D eigenvalue weighted by molar-refractivity contribution is 9.10. The first-order valence-electron chi connectivity index (χ1n) is 8.86. The van der Waals surface area contributed by atoms with Crippen molar-refractivity contribution in [3.05, 3.63) is 64.0 Å². The lowest BCUT2D eigenvalue weighted by Gasteiger charge is -2.15. The van der Waals surface area contributed by atoms with Gasteiger partial charge < -0.3 is 9.84 Å². The molecule has 30 heavy (non-hydrogen) atoms. The summed E-state index contributed by atoms with van der Waals surface area (Å²) >= 11 is 3.37. The van der Waals surface area contributed by atoms with Crippen LogP contribution >= 0.6 is 15.9 Å². The van der Waals surface area contributed by atoms with Crippen molar-refractivity contribution in [2.75, 3.05) is 18.9 Å². The predicted octanol–water partition coefficient (Wildman–Crippen LogP) is 4.90. The predicted molar refractivity (Wildman–Crippen MR) is 109 cm³/mol. The van der Waals surface area contributed by atoms with Crippen LogP contribution in [0.5, 0.6) is 0 Å². The van der Waals surface area contributed by atoms with Gasteiger partial charge in [-0.1, -0.05) is 33.2 Å². The zero-order valence-electron chi connectivity index (χ0n) is 16.1. The monoisotopic (exact) mass is 482 g/mol. The van der Waals surface area contributed by atoms with Crippen molar-refractivity contribution < 1.29 is 22.5 Å². The molecule has 2 aromatic carbocycles. The Bertz CT molecular complexity index is 1050. The van der Waals surface area contributed by atoms with Gasteiger partial charge in [0.1, 0.15) is 0 Å². The Balaban J connectivity index is 1.61. The first kappa shape index (κ1) is 22.0. The lowest BCUT2D eigenvalue weighted by Crippen LogP contribution is -2.30. The normalized spacial score (nSPS) is 11.7. The minimum atomic E-state index is -4.46. The van der Waals surface area contributed by atoms with Crippen LogP contribution in [-0.2, 0) is 17.5 Å². The van der Waals surface area contributed by atoms with Gasteiger partial charge in [0.15, 0.2) is 0 Å². The topological polar surface area (TPSA) is 71.3 Å². The number of hydrogen-bond acceptors (Lipinski definition) is 5. The van der Waals surface area contributed by atoms with Crippen molar-refractivity contribution in [1.82, 2.24) is 15.0 Å². The Kier molecular flexibility index (Phi) is 6.57. The Morgan fingerprint density at radius 2 is 2.00 bits per heavy atom. The zero-order chi connectivity index (χ0) is 21.9. The Hall–Kier alpha value is -2.72. The molecule has 1 N–H and O–H groups in total. The van der Waals surface area contributed by atoms with Gasteiger partial charge in [-0.3, -0.25) is 9.69 Å². The number of carbonyl (C=O) groups is 1. The molecule has 158 valence electrons. The van der Waals surface area contributed by atoms with E-state index in [2.05, 4.69) is 31.4 Å². The van der Waals surface area contributed by atoms with Gasteiger partial charge in [-0.2, -0.15) is 18.2 Å². The zero-order valence-corrected chi connectivity index (χ0v) is 17.7. The summed E-state index contributed by atoms with van der Waals surface area (Å²) in [5.74, 6) is 0.0255. The van der Waals surface area contributed by atoms with Crippen LogP contribution < -0.4 is 5.32 Å². The molecule has 0 aliphatic rings. The average molecular weight is 483 g/mol. The van der Waals surface area contributed by atoms with Crippen molar-refractivity contribution in [2.45, 2.75) is 19.6 Å². The van der Waals surface area contributed by atoms with Crippen LogP contribution in [0.4, 0.5) is 18.9 Å². The molecule has 1 aromatic heterocycles. The summed E-state index contributed by atoms with van der Waals surface area (Å²) in [6.07, 6.45) is -4.46. The molecule has 0 saturated carbocycles. The van der Waals surface area contributed by atoms with Crippen molar-refractivity contribution in [1.29, 1.82) is 0 Å². The smallest absolute Gasteiger partial charge is 0.338 e. The van der Waals surface area contributed by atoms with Gasteiger partial charge in [0, 0.05) is 15.7 Å². The fraction of sp³-hybridized carbons (Fsp3) is 0.250. The molecule has 0 atom stereocenters. The third kappa shape index (κ3) is 5.67. The summed E-state index contributed by atoms with van der Waals surface area (Å²) < 4.78 is 44.7. The molecular weight excluding hydrogens is 465 g/mol. The molecule has 3 aromatic rings. The van der Waals surface area contributed by atoms with E-state index >= 15 is 0 Å². The summed E-state index contributed by atoms with van der Waals surface area (Å²) in [7, 11) is 1.70. The summed E-state index contributed by atoms with van der Waals surface area (Å²) in [4.78, 5) is 18.1. The number of rotatable bonds is 6. The number of carbonyl (C=O) groups excluding carboxylic acids is 1. The van der Waals surface area contributed by atoms with Crippen molar-refractivity contribution in [2.24, 2.45) is 0 Å². The molecule has 10 heteroatoms. The van der Waals surface area contributed by atoms with E-state index in [1.807, 2.05) is 19.1 Å². The minimum absolute atomic E-state index is 0.0550. The van der Waals surface area contributed by atoms with Crippen LogP contribution in [0.25, 0.3) is 11.4 Å². The molecule has 0 aliphatic carbocycles. The van der Waals surface area contributed by atoms with Crippen LogP contribution in [0.2, 0.25) is 0 Å². The molecule has 0 radical (unpaired) electrons. The van der Waals surface area contributed by atoms with E-state index in [0.717, 1.165) is 22.2 Å². The lowest BCUT2D eigenvalue weighted by molar-refractivity contribution is -0.137. The molecular formula is C20H18BrF3N4O2. The first-order valence-corrected chi connectivity index (χ1v) is 9.66. The lowest BCUT2D eigenvalue weighted by atomic mass is 10.1. The Morgan fingerprint density at radius 1 is 1.23 bits per heavy atom. The van der Waals surface area contributed by atoms with Gasteiger partial charge in [0.05, 0.1) is 18.7 Å². The number of hydrogen-bond donors (Lipinski definition) is 1. The quantitative estimate of drug-likeness (QED) is 0.541. The summed E-state index contributed by atoms with van der Waals surface area (Å²) in [6.45, 7) is 2.12. The minimum Gasteiger partial charge on any atom is -0.338 e. The van der Waals surface area contributed by atoms with E-state index in [1.165, 1.54) is 12.1 Å². The standard InChI is InChI=1S/C20H18BrF3N4O2/c1-12-8-15(21)6-7-16(12)25-17(29)10-28(2)11-18-26-19(27-30-18)13-4-3-5-14(9-13)20(22,23)24/h3-9H,10-11H2,1-2H3,(H,25,29). The van der Waals surface area contributed by atoms with Crippen molar-refractivity contribution >= 4 is 27.5 Å². The van der Waals surface area contributed by atoms with Gasteiger partial charge in [0.25, 0.3) is 0 Å². The molecule has 0 fully saturated rings. The van der Waals surface area contributed by atoms with Gasteiger partial charge in [-0.15, -0.1) is 0 Å². The number of likely N-dealkylation sites (N-methyl/N-ethyl adjacent to an activating group) is 1. The number of halogens is 4. The summed E-state index contributed by atoms with van der Waals surface area (Å²) in [5, 5.41) is 6.58. The first-order chi connectivity index (χ1) is 14.1. The summed E-state index contributed by atoms with van der Waals surface area (Å²) in [5.41, 5.74) is 1.04. The highest BCUT2D eigenvalue weighted by atomic mass is 79.9. The number of aromatic nitrogens is 2. The van der Waals surface area contributed by atoms with Gasteiger partial charge in [-0.25, -0.2) is 0 Å². The average Bonchev–Trinajstić information content (AvgIpc) is 3.11. The van der Waals surface area contributed by atoms with Crippen LogP contribution in [-0.4, -0.2) is 34.5 Å². The molecule has 0 unspecified atom stereocenters. The second-order valence-electron chi connectivity index (χ2n) is 6.77. The molecule has 6 nitrogen and oxygen atoms in total. The molecule has 0 aliphatic heterocycles. The van der Waals surface area contributed by atoms with E-state index in [0.29, 0.717) is 5.69 Å². The second kappa shape index (κ2) is 8.97. The van der Waals surface area contributed by atoms with Crippen LogP contribution in [0.1, 0.15) is 17.0 Å². The maximum absolute atomic E-state index is 12.9. The Morgan fingerprint density at radius 3 is 2.70 bits per heavy atom. The number of anilines is 1. The van der Waals surface area contributed by atoms with Gasteiger partial charge in [-0.05, 0) is 49.9 Å². The van der Waals surface area contributed by atoms with E-state index in [-0.39, 0.29) is 36.3 Å². The van der Waals surface area contributed by atoms with Crippen LogP contribution in [0.3, 0.4) is 0 Å². The maximum atomic E-state index is 12.9. The van der Waals surface area contributed by atoms with E-state index in [4.69, 9.17) is 4.52 Å². The molecule has 3 rings (SSSR count). The maximum Gasteiger partial charge on any atom is 0.416 e. The number of alkyl halides is 3. The van der Waals surface area contributed by atoms with Gasteiger partial charge in [0.2, 0.25) is 17.6 Å². The summed E-state index contributed by atoms with van der Waals surface area (Å²) in [6, 6.07) is 10.2. The van der Waals surface area contributed by atoms with E-state index in [9.17, 15) is 18.0 Å². The highest BCUT2D eigenvalue weighted by Crippen LogP contribution is 2.31. The third-order valence-electron chi connectivity index (χ3n) is 4.20. The largest absolute Gasteiger partial charge is 0.416 e. The molecule has 1 heterocycles. The molecule has 1 amide bonds. The number of amides is 1. The highest BCUT2D eigenvalue weighted by Gasteiger charge is 2.30. The van der Waals surface area contributed by atoms with Crippen molar-refractivity contribution in [3.63, 3.8) is 0 Å². The SMILES string of the molecule is Cc1cc(Br)ccc1NC(=O)CN(C)Cc1nc(-c2cccc(C(F)(F)F)c2)no1. The van der Waals surface area contributed by atoms with Crippen molar-refractivity contribution in [3.8, 4) is 11.4 Å². The molecule has 0 spiro atoms. The number of benzene rings is 2.